The topological polar surface area (TPSA) is 38.7 Å². The van der Waals surface area contributed by atoms with E-state index in [2.05, 4.69) is 0 Å². The molecule has 2 unspecified atom stereocenters. The van der Waals surface area contributed by atoms with Crippen LogP contribution < -0.4 is 9.47 Å². The molecule has 0 saturated heterocycles. The Hall–Kier alpha value is -1.22. The van der Waals surface area contributed by atoms with Crippen LogP contribution in [0.1, 0.15) is 18.9 Å². The maximum atomic E-state index is 10.2. The minimum atomic E-state index is -0.679. The van der Waals surface area contributed by atoms with E-state index < -0.39 is 5.60 Å². The molecule has 1 aliphatic carbocycles. The SMILES string of the molecule is COc1cc(OC)cc(C2(O)CC2C)c1. The van der Waals surface area contributed by atoms with Crippen molar-refractivity contribution in [3.05, 3.63) is 23.8 Å². The standard InChI is InChI=1S/C12H16O3/c1-8-7-12(8,13)9-4-10(14-2)6-11(5-9)15-3/h4-6,8,13H,7H2,1-3H3. The van der Waals surface area contributed by atoms with E-state index >= 15 is 0 Å². The smallest absolute Gasteiger partial charge is 0.122 e. The van der Waals surface area contributed by atoms with E-state index in [1.165, 1.54) is 0 Å². The molecule has 0 aromatic heterocycles. The Bertz CT molecular complexity index is 353. The summed E-state index contributed by atoms with van der Waals surface area (Å²) in [5.74, 6) is 1.75. The zero-order valence-corrected chi connectivity index (χ0v) is 9.28. The van der Waals surface area contributed by atoms with Crippen molar-refractivity contribution in [1.29, 1.82) is 0 Å². The number of rotatable bonds is 3. The second-order valence-corrected chi connectivity index (χ2v) is 4.13. The highest BCUT2D eigenvalue weighted by Gasteiger charge is 2.51. The van der Waals surface area contributed by atoms with Gasteiger partial charge in [0, 0.05) is 6.07 Å². The zero-order valence-electron chi connectivity index (χ0n) is 9.28. The largest absolute Gasteiger partial charge is 0.497 e. The molecule has 1 aliphatic rings. The summed E-state index contributed by atoms with van der Waals surface area (Å²) < 4.78 is 10.3. The summed E-state index contributed by atoms with van der Waals surface area (Å²) >= 11 is 0. The predicted molar refractivity (Wildman–Crippen MR) is 57.2 cm³/mol. The van der Waals surface area contributed by atoms with Crippen molar-refractivity contribution in [1.82, 2.24) is 0 Å². The summed E-state index contributed by atoms with van der Waals surface area (Å²) in [6.45, 7) is 2.03. The normalized spacial score (nSPS) is 28.7. The van der Waals surface area contributed by atoms with Crippen molar-refractivity contribution in [3.63, 3.8) is 0 Å². The first-order valence-electron chi connectivity index (χ1n) is 5.06. The van der Waals surface area contributed by atoms with E-state index in [0.717, 1.165) is 23.5 Å². The van der Waals surface area contributed by atoms with Crippen LogP contribution in [0.2, 0.25) is 0 Å². The van der Waals surface area contributed by atoms with E-state index in [-0.39, 0.29) is 0 Å². The number of hydrogen-bond acceptors (Lipinski definition) is 3. The Balaban J connectivity index is 2.39. The van der Waals surface area contributed by atoms with E-state index in [4.69, 9.17) is 9.47 Å². The lowest BCUT2D eigenvalue weighted by Gasteiger charge is -2.13. The lowest BCUT2D eigenvalue weighted by Crippen LogP contribution is -2.08. The van der Waals surface area contributed by atoms with Gasteiger partial charge in [-0.15, -0.1) is 0 Å². The summed E-state index contributed by atoms with van der Waals surface area (Å²) in [6.07, 6.45) is 0.809. The van der Waals surface area contributed by atoms with Crippen molar-refractivity contribution in [3.8, 4) is 11.5 Å². The fourth-order valence-electron chi connectivity index (χ4n) is 1.87. The summed E-state index contributed by atoms with van der Waals surface area (Å²) in [6, 6.07) is 5.54. The molecule has 0 heterocycles. The summed E-state index contributed by atoms with van der Waals surface area (Å²) in [5, 5.41) is 10.2. The Morgan fingerprint density at radius 3 is 2.00 bits per heavy atom. The van der Waals surface area contributed by atoms with Crippen molar-refractivity contribution in [2.45, 2.75) is 18.9 Å². The average Bonchev–Trinajstić information content (AvgIpc) is 2.87. The van der Waals surface area contributed by atoms with Gasteiger partial charge in [0.25, 0.3) is 0 Å². The molecule has 1 aromatic carbocycles. The molecule has 1 saturated carbocycles. The van der Waals surface area contributed by atoms with Gasteiger partial charge in [-0.05, 0) is 30.0 Å². The number of methoxy groups -OCH3 is 2. The van der Waals surface area contributed by atoms with E-state index in [0.29, 0.717) is 5.92 Å². The van der Waals surface area contributed by atoms with Crippen LogP contribution in [0.25, 0.3) is 0 Å². The van der Waals surface area contributed by atoms with Gasteiger partial charge in [-0.25, -0.2) is 0 Å². The maximum absolute atomic E-state index is 10.2. The fraction of sp³-hybridized carbons (Fsp3) is 0.500. The first-order valence-corrected chi connectivity index (χ1v) is 5.06. The first-order chi connectivity index (χ1) is 7.10. The van der Waals surface area contributed by atoms with Crippen LogP contribution in [0.4, 0.5) is 0 Å². The molecule has 1 aromatic rings. The molecule has 3 heteroatoms. The van der Waals surface area contributed by atoms with Gasteiger partial charge in [0.05, 0.1) is 19.8 Å². The molecular weight excluding hydrogens is 192 g/mol. The lowest BCUT2D eigenvalue weighted by atomic mass is 10.1. The van der Waals surface area contributed by atoms with Crippen molar-refractivity contribution in [2.75, 3.05) is 14.2 Å². The van der Waals surface area contributed by atoms with Gasteiger partial charge in [0.15, 0.2) is 0 Å². The Morgan fingerprint density at radius 2 is 1.67 bits per heavy atom. The number of aliphatic hydroxyl groups is 1. The van der Waals surface area contributed by atoms with Crippen LogP contribution in [0.15, 0.2) is 18.2 Å². The average molecular weight is 208 g/mol. The van der Waals surface area contributed by atoms with Crippen LogP contribution in [-0.4, -0.2) is 19.3 Å². The van der Waals surface area contributed by atoms with Crippen LogP contribution in [0.5, 0.6) is 11.5 Å². The molecular formula is C12H16O3. The number of hydrogen-bond donors (Lipinski definition) is 1. The molecule has 0 spiro atoms. The minimum Gasteiger partial charge on any atom is -0.497 e. The molecule has 0 amide bonds. The monoisotopic (exact) mass is 208 g/mol. The third-order valence-electron chi connectivity index (χ3n) is 3.12. The zero-order chi connectivity index (χ0) is 11.1. The van der Waals surface area contributed by atoms with Crippen LogP contribution in [0, 0.1) is 5.92 Å². The van der Waals surface area contributed by atoms with Gasteiger partial charge in [0.1, 0.15) is 11.5 Å². The van der Waals surface area contributed by atoms with E-state index in [9.17, 15) is 5.11 Å². The number of ether oxygens (including phenoxy) is 2. The van der Waals surface area contributed by atoms with Crippen molar-refractivity contribution in [2.24, 2.45) is 5.92 Å². The number of benzene rings is 1. The first kappa shape index (κ1) is 10.3. The van der Waals surface area contributed by atoms with Gasteiger partial charge >= 0.3 is 0 Å². The molecule has 3 nitrogen and oxygen atoms in total. The van der Waals surface area contributed by atoms with E-state index in [1.807, 2.05) is 19.1 Å². The molecule has 82 valence electrons. The van der Waals surface area contributed by atoms with Crippen molar-refractivity contribution < 1.29 is 14.6 Å². The summed E-state index contributed by atoms with van der Waals surface area (Å²) in [7, 11) is 3.22. The summed E-state index contributed by atoms with van der Waals surface area (Å²) in [5.41, 5.74) is 0.202. The Kier molecular flexibility index (Phi) is 2.35. The molecule has 2 rings (SSSR count). The van der Waals surface area contributed by atoms with Crippen LogP contribution >= 0.6 is 0 Å². The summed E-state index contributed by atoms with van der Waals surface area (Å²) in [4.78, 5) is 0. The molecule has 1 N–H and O–H groups in total. The maximum Gasteiger partial charge on any atom is 0.122 e. The van der Waals surface area contributed by atoms with Gasteiger partial charge in [-0.1, -0.05) is 6.92 Å². The molecule has 0 bridgehead atoms. The lowest BCUT2D eigenvalue weighted by molar-refractivity contribution is 0.134. The Labute approximate surface area is 89.6 Å². The third kappa shape index (κ3) is 1.67. The molecule has 0 aliphatic heterocycles. The molecule has 2 atom stereocenters. The predicted octanol–water partition coefficient (Wildman–Crippen LogP) is 1.93. The van der Waals surface area contributed by atoms with Gasteiger partial charge in [-0.3, -0.25) is 0 Å². The van der Waals surface area contributed by atoms with Gasteiger partial charge in [-0.2, -0.15) is 0 Å². The van der Waals surface area contributed by atoms with Gasteiger partial charge in [0.2, 0.25) is 0 Å². The van der Waals surface area contributed by atoms with Crippen LogP contribution in [0.3, 0.4) is 0 Å². The Morgan fingerprint density at radius 1 is 1.20 bits per heavy atom. The highest BCUT2D eigenvalue weighted by molar-refractivity contribution is 5.43. The molecule has 15 heavy (non-hydrogen) atoms. The van der Waals surface area contributed by atoms with Crippen LogP contribution in [-0.2, 0) is 5.60 Å². The highest BCUT2D eigenvalue weighted by atomic mass is 16.5. The molecule has 1 fully saturated rings. The second-order valence-electron chi connectivity index (χ2n) is 4.13. The molecule has 0 radical (unpaired) electrons. The van der Waals surface area contributed by atoms with Gasteiger partial charge < -0.3 is 14.6 Å². The quantitative estimate of drug-likeness (QED) is 0.825. The second kappa shape index (κ2) is 3.42. The van der Waals surface area contributed by atoms with E-state index in [1.54, 1.807) is 20.3 Å². The fourth-order valence-corrected chi connectivity index (χ4v) is 1.87. The third-order valence-corrected chi connectivity index (χ3v) is 3.12. The highest BCUT2D eigenvalue weighted by Crippen LogP contribution is 2.52. The minimum absolute atomic E-state index is 0.314. The van der Waals surface area contributed by atoms with Crippen molar-refractivity contribution >= 4 is 0 Å².